The Morgan fingerprint density at radius 2 is 1.40 bits per heavy atom. The zero-order valence-corrected chi connectivity index (χ0v) is 21.2. The van der Waals surface area contributed by atoms with Crippen molar-refractivity contribution in [2.24, 2.45) is 5.73 Å². The van der Waals surface area contributed by atoms with E-state index in [0.717, 1.165) is 30.7 Å². The summed E-state index contributed by atoms with van der Waals surface area (Å²) in [7, 11) is 0. The lowest BCUT2D eigenvalue weighted by molar-refractivity contribution is -0.136. The number of nitrogens with two attached hydrogens (primary N) is 1. The highest BCUT2D eigenvalue weighted by Crippen LogP contribution is 2.30. The topological polar surface area (TPSA) is 119 Å². The maximum Gasteiger partial charge on any atom is 0.262 e. The first-order valence-corrected chi connectivity index (χ1v) is 12.7. The van der Waals surface area contributed by atoms with Gasteiger partial charge in [0.1, 0.15) is 11.8 Å². The van der Waals surface area contributed by atoms with Crippen LogP contribution in [0.2, 0.25) is 0 Å². The van der Waals surface area contributed by atoms with Gasteiger partial charge >= 0.3 is 0 Å². The minimum atomic E-state index is -0.953. The Kier molecular flexibility index (Phi) is 12.2. The molecule has 2 heterocycles. The summed E-state index contributed by atoms with van der Waals surface area (Å²) in [5, 5.41) is 2.20. The fraction of sp³-hybridized carbons (Fsp3) is 0.615. The van der Waals surface area contributed by atoms with Crippen molar-refractivity contribution < 1.29 is 23.9 Å². The lowest BCUT2D eigenvalue weighted by atomic mass is 10.0. The van der Waals surface area contributed by atoms with E-state index in [4.69, 9.17) is 10.5 Å². The van der Waals surface area contributed by atoms with Gasteiger partial charge in [-0.1, -0.05) is 57.8 Å². The molecule has 0 aromatic heterocycles. The third kappa shape index (κ3) is 8.04. The largest absolute Gasteiger partial charge is 0.494 e. The Labute approximate surface area is 213 Å². The lowest BCUT2D eigenvalue weighted by Crippen LogP contribution is -2.54. The molecule has 1 aromatic carbocycles. The molecule has 2 aliphatic heterocycles. The number of halogens is 1. The van der Waals surface area contributed by atoms with Crippen molar-refractivity contribution >= 4 is 36.0 Å². The predicted molar refractivity (Wildman–Crippen MR) is 136 cm³/mol. The number of fused-ring (bicyclic) bond motifs is 1. The molecule has 9 heteroatoms. The summed E-state index contributed by atoms with van der Waals surface area (Å²) in [6.45, 7) is 1.36. The number of carbonyl (C=O) groups excluding carboxylic acids is 4. The standard InChI is InChI=1S/C26H37N3O5.ClH/c27-16-10-8-6-4-2-1-3-5-7-9-11-17-34-19-12-13-20-21(18-19)26(33)29(25(20)32)22-14-15-23(30)28-24(22)31;/h12-13,18,22H,1-11,14-17,27H2,(H,28,30,31);1H. The van der Waals surface area contributed by atoms with Gasteiger partial charge in [0.2, 0.25) is 11.8 Å². The van der Waals surface area contributed by atoms with Crippen LogP contribution in [-0.2, 0) is 9.59 Å². The number of nitrogens with zero attached hydrogens (tertiary/aromatic N) is 1. The zero-order valence-electron chi connectivity index (χ0n) is 20.4. The molecule has 4 amide bonds. The van der Waals surface area contributed by atoms with E-state index in [1.807, 2.05) is 0 Å². The zero-order chi connectivity index (χ0) is 24.3. The molecule has 1 saturated heterocycles. The quantitative estimate of drug-likeness (QED) is 0.272. The first-order valence-electron chi connectivity index (χ1n) is 12.7. The van der Waals surface area contributed by atoms with Gasteiger partial charge in [-0.05, 0) is 44.0 Å². The molecule has 1 aromatic rings. The number of ether oxygens (including phenoxy) is 1. The summed E-state index contributed by atoms with van der Waals surface area (Å²) in [5.41, 5.74) is 6.02. The van der Waals surface area contributed by atoms with Gasteiger partial charge in [0, 0.05) is 6.42 Å². The summed E-state index contributed by atoms with van der Waals surface area (Å²) in [6, 6.07) is 3.89. The third-order valence-electron chi connectivity index (χ3n) is 6.53. The fourth-order valence-corrected chi connectivity index (χ4v) is 4.57. The fourth-order valence-electron chi connectivity index (χ4n) is 4.57. The number of amides is 4. The smallest absolute Gasteiger partial charge is 0.262 e. The van der Waals surface area contributed by atoms with Crippen LogP contribution in [0.25, 0.3) is 0 Å². The summed E-state index contributed by atoms with van der Waals surface area (Å²) in [4.78, 5) is 50.1. The number of hydrogen-bond acceptors (Lipinski definition) is 6. The molecule has 0 spiro atoms. The molecule has 0 aliphatic carbocycles. The first-order chi connectivity index (χ1) is 16.5. The second-order valence-corrected chi connectivity index (χ2v) is 9.18. The number of carbonyl (C=O) groups is 4. The summed E-state index contributed by atoms with van der Waals surface area (Å²) >= 11 is 0. The number of benzene rings is 1. The van der Waals surface area contributed by atoms with Crippen molar-refractivity contribution in [1.29, 1.82) is 0 Å². The highest BCUT2D eigenvalue weighted by atomic mass is 35.5. The van der Waals surface area contributed by atoms with Crippen molar-refractivity contribution in [3.63, 3.8) is 0 Å². The Morgan fingerprint density at radius 3 is 2.00 bits per heavy atom. The second kappa shape index (κ2) is 14.8. The van der Waals surface area contributed by atoms with Gasteiger partial charge in [-0.25, -0.2) is 0 Å². The minimum absolute atomic E-state index is 0. The predicted octanol–water partition coefficient (Wildman–Crippen LogP) is 4.14. The molecule has 2 aliphatic rings. The van der Waals surface area contributed by atoms with E-state index in [1.165, 1.54) is 51.4 Å². The minimum Gasteiger partial charge on any atom is -0.494 e. The highest BCUT2D eigenvalue weighted by molar-refractivity contribution is 6.23. The molecule has 3 rings (SSSR count). The van der Waals surface area contributed by atoms with Crippen LogP contribution in [0.4, 0.5) is 0 Å². The molecular weight excluding hydrogens is 470 g/mol. The van der Waals surface area contributed by atoms with Gasteiger partial charge in [-0.15, -0.1) is 12.4 Å². The molecule has 1 unspecified atom stereocenters. The van der Waals surface area contributed by atoms with E-state index < -0.39 is 23.8 Å². The SMILES string of the molecule is Cl.NCCCCCCCCCCCCCOc1ccc2c(c1)C(=O)N(C1CCC(=O)NC1=O)C2=O. The summed E-state index contributed by atoms with van der Waals surface area (Å²) in [5.74, 6) is -1.47. The number of rotatable bonds is 15. The van der Waals surface area contributed by atoms with Crippen molar-refractivity contribution in [1.82, 2.24) is 10.2 Å². The van der Waals surface area contributed by atoms with Crippen LogP contribution in [0.15, 0.2) is 18.2 Å². The monoisotopic (exact) mass is 507 g/mol. The van der Waals surface area contributed by atoms with Crippen LogP contribution in [0.5, 0.6) is 5.75 Å². The molecule has 0 radical (unpaired) electrons. The number of imide groups is 2. The Morgan fingerprint density at radius 1 is 0.829 bits per heavy atom. The molecule has 1 atom stereocenters. The van der Waals surface area contributed by atoms with Crippen LogP contribution in [0.3, 0.4) is 0 Å². The van der Waals surface area contributed by atoms with E-state index in [2.05, 4.69) is 5.32 Å². The van der Waals surface area contributed by atoms with Crippen LogP contribution in [0.1, 0.15) is 104 Å². The molecule has 35 heavy (non-hydrogen) atoms. The van der Waals surface area contributed by atoms with E-state index in [1.54, 1.807) is 18.2 Å². The van der Waals surface area contributed by atoms with Crippen molar-refractivity contribution in [2.75, 3.05) is 13.2 Å². The summed E-state index contributed by atoms with van der Waals surface area (Å²) in [6.07, 6.45) is 13.6. The van der Waals surface area contributed by atoms with Crippen LogP contribution < -0.4 is 15.8 Å². The van der Waals surface area contributed by atoms with Gasteiger partial charge in [0.05, 0.1) is 17.7 Å². The third-order valence-corrected chi connectivity index (χ3v) is 6.53. The van der Waals surface area contributed by atoms with Crippen molar-refractivity contribution in [3.8, 4) is 5.75 Å². The van der Waals surface area contributed by atoms with E-state index in [0.29, 0.717) is 12.4 Å². The number of nitrogens with one attached hydrogen (secondary N) is 1. The highest BCUT2D eigenvalue weighted by Gasteiger charge is 2.44. The van der Waals surface area contributed by atoms with Crippen LogP contribution >= 0.6 is 12.4 Å². The Bertz CT molecular complexity index is 892. The molecule has 1 fully saturated rings. The van der Waals surface area contributed by atoms with Gasteiger partial charge in [-0.3, -0.25) is 29.4 Å². The molecule has 0 bridgehead atoms. The van der Waals surface area contributed by atoms with E-state index in [-0.39, 0.29) is 42.3 Å². The molecule has 0 saturated carbocycles. The number of piperidine rings is 1. The Hall–Kier alpha value is -2.45. The summed E-state index contributed by atoms with van der Waals surface area (Å²) < 4.78 is 5.81. The van der Waals surface area contributed by atoms with E-state index >= 15 is 0 Å². The maximum absolute atomic E-state index is 12.9. The molecule has 3 N–H and O–H groups in total. The first kappa shape index (κ1) is 28.8. The van der Waals surface area contributed by atoms with Gasteiger partial charge in [0.15, 0.2) is 0 Å². The average molecular weight is 508 g/mol. The number of unbranched alkanes of at least 4 members (excludes halogenated alkanes) is 10. The van der Waals surface area contributed by atoms with Gasteiger partial charge in [0.25, 0.3) is 11.8 Å². The number of hydrogen-bond donors (Lipinski definition) is 2. The van der Waals surface area contributed by atoms with Crippen molar-refractivity contribution in [3.05, 3.63) is 29.3 Å². The maximum atomic E-state index is 12.9. The Balaban J connectivity index is 0.00000432. The molecule has 194 valence electrons. The van der Waals surface area contributed by atoms with Crippen LogP contribution in [0, 0.1) is 0 Å². The van der Waals surface area contributed by atoms with Crippen LogP contribution in [-0.4, -0.2) is 47.7 Å². The molecule has 8 nitrogen and oxygen atoms in total. The van der Waals surface area contributed by atoms with E-state index in [9.17, 15) is 19.2 Å². The van der Waals surface area contributed by atoms with Crippen molar-refractivity contribution in [2.45, 2.75) is 89.5 Å². The van der Waals surface area contributed by atoms with Gasteiger partial charge in [-0.2, -0.15) is 0 Å². The van der Waals surface area contributed by atoms with Gasteiger partial charge < -0.3 is 10.5 Å². The lowest BCUT2D eigenvalue weighted by Gasteiger charge is -2.27. The molecular formula is C26H38ClN3O5. The second-order valence-electron chi connectivity index (χ2n) is 9.18. The normalized spacial score (nSPS) is 17.3. The average Bonchev–Trinajstić information content (AvgIpc) is 3.06.